The fraction of sp³-hybridized carbons (Fsp3) is 0.463. The number of nitrogens with one attached hydrogen (secondary N) is 5. The molecular formula is C54H67N11O10. The summed E-state index contributed by atoms with van der Waals surface area (Å²) >= 11 is 0. The highest BCUT2D eigenvalue weighted by molar-refractivity contribution is 6.25. The summed E-state index contributed by atoms with van der Waals surface area (Å²) in [6.45, 7) is 14.9. The van der Waals surface area contributed by atoms with E-state index in [1.165, 1.54) is 0 Å². The number of aromatic amines is 1. The van der Waals surface area contributed by atoms with Crippen molar-refractivity contribution in [1.29, 1.82) is 0 Å². The molecule has 6 amide bonds. The molecule has 75 heavy (non-hydrogen) atoms. The summed E-state index contributed by atoms with van der Waals surface area (Å²) in [5, 5.41) is 16.7. The predicted molar refractivity (Wildman–Crippen MR) is 281 cm³/mol. The zero-order chi connectivity index (χ0) is 53.0. The summed E-state index contributed by atoms with van der Waals surface area (Å²) in [6.07, 6.45) is 5.58. The van der Waals surface area contributed by atoms with Crippen LogP contribution < -0.4 is 31.7 Å². The molecule has 5 N–H and O–H groups in total. The Morgan fingerprint density at radius 2 is 1.60 bits per heavy atom. The SMILES string of the molecule is CCCc1cc(C)[nH]c(=O)c1CNC(=O)c1cc(-c2ccc(N3CCN(CCNC(=O)CCOCCOCCOCCNc4cccc5c4C(=O)N(C4CCC(=O)NC4=O)C5=O)CC3)nc2)cc2c1cnn2C(C)C. The summed E-state index contributed by atoms with van der Waals surface area (Å²) < 4.78 is 18.7. The molecule has 8 rings (SSSR count). The highest BCUT2D eigenvalue weighted by Gasteiger charge is 2.45. The largest absolute Gasteiger partial charge is 0.382 e. The number of hydrogen-bond acceptors (Lipinski definition) is 15. The van der Waals surface area contributed by atoms with Gasteiger partial charge in [-0.1, -0.05) is 19.4 Å². The lowest BCUT2D eigenvalue weighted by Crippen LogP contribution is -2.54. The smallest absolute Gasteiger partial charge is 0.264 e. The van der Waals surface area contributed by atoms with Gasteiger partial charge in [-0.05, 0) is 87.2 Å². The summed E-state index contributed by atoms with van der Waals surface area (Å²) in [4.78, 5) is 103. The Morgan fingerprint density at radius 3 is 2.32 bits per heavy atom. The third-order valence-corrected chi connectivity index (χ3v) is 13.5. The van der Waals surface area contributed by atoms with Crippen molar-refractivity contribution in [3.05, 3.63) is 105 Å². The lowest BCUT2D eigenvalue weighted by molar-refractivity contribution is -0.136. The van der Waals surface area contributed by atoms with E-state index < -0.39 is 29.7 Å². The number of ether oxygens (including phenoxy) is 3. The molecule has 21 heteroatoms. The van der Waals surface area contributed by atoms with Crippen LogP contribution in [0.5, 0.6) is 0 Å². The van der Waals surface area contributed by atoms with Crippen LogP contribution in [0.15, 0.2) is 65.7 Å². The van der Waals surface area contributed by atoms with E-state index in [-0.39, 0.29) is 67.0 Å². The Labute approximate surface area is 435 Å². The molecule has 2 fully saturated rings. The second kappa shape index (κ2) is 25.3. The van der Waals surface area contributed by atoms with E-state index in [1.54, 1.807) is 24.4 Å². The molecule has 0 bridgehead atoms. The van der Waals surface area contributed by atoms with Gasteiger partial charge in [-0.3, -0.25) is 53.4 Å². The highest BCUT2D eigenvalue weighted by atomic mass is 16.5. The van der Waals surface area contributed by atoms with E-state index >= 15 is 0 Å². The molecule has 0 aliphatic carbocycles. The number of anilines is 2. The second-order valence-electron chi connectivity index (χ2n) is 19.1. The van der Waals surface area contributed by atoms with Gasteiger partial charge in [0.15, 0.2) is 0 Å². The zero-order valence-corrected chi connectivity index (χ0v) is 43.1. The first kappa shape index (κ1) is 53.9. The van der Waals surface area contributed by atoms with E-state index in [2.05, 4.69) is 48.1 Å². The van der Waals surface area contributed by atoms with Crippen LogP contribution in [0.3, 0.4) is 0 Å². The Morgan fingerprint density at radius 1 is 0.840 bits per heavy atom. The standard InChI is InChI=1S/C54H67N11O10/c1-5-7-36-28-35(4)60-51(69)41(36)32-58-50(68)40-29-38(30-45-42(40)33-59-65(45)34(2)3)37-10-12-46(57-31-37)63-20-18-62(19-21-63)17-15-56-47(66)14-22-73-24-26-75-27-25-74-23-16-55-43-9-6-8-39-49(43)54(72)64(53(39)71)44-11-13-48(67)61-52(44)70/h6,8-10,12,28-31,33-34,44,55H,5,7,11,13-27,32H2,1-4H3,(H,56,66)(H,58,68)(H,60,69)(H,61,67,70). The quantitative estimate of drug-likeness (QED) is 0.0413. The Balaban J connectivity index is 0.689. The van der Waals surface area contributed by atoms with Crippen LogP contribution in [0, 0.1) is 6.92 Å². The molecule has 0 spiro atoms. The number of benzene rings is 2. The van der Waals surface area contributed by atoms with Crippen LogP contribution in [0.4, 0.5) is 11.5 Å². The number of amides is 6. The number of hydrogen-bond donors (Lipinski definition) is 5. The number of piperazine rings is 1. The van der Waals surface area contributed by atoms with E-state index in [0.29, 0.717) is 62.9 Å². The zero-order valence-electron chi connectivity index (χ0n) is 43.1. The number of pyridine rings is 2. The van der Waals surface area contributed by atoms with Gasteiger partial charge < -0.3 is 40.0 Å². The van der Waals surface area contributed by atoms with Crippen molar-refractivity contribution in [3.63, 3.8) is 0 Å². The van der Waals surface area contributed by atoms with Crippen LogP contribution >= 0.6 is 0 Å². The summed E-state index contributed by atoms with van der Waals surface area (Å²) in [5.74, 6) is -1.72. The van der Waals surface area contributed by atoms with Crippen molar-refractivity contribution in [2.24, 2.45) is 0 Å². The molecule has 2 saturated heterocycles. The van der Waals surface area contributed by atoms with Crippen LogP contribution in [0.1, 0.15) is 100 Å². The molecule has 3 aliphatic heterocycles. The molecule has 21 nitrogen and oxygen atoms in total. The molecule has 0 radical (unpaired) electrons. The molecule has 3 aliphatic rings. The predicted octanol–water partition coefficient (Wildman–Crippen LogP) is 3.75. The Hall–Kier alpha value is -7.33. The third-order valence-electron chi connectivity index (χ3n) is 13.5. The van der Waals surface area contributed by atoms with Gasteiger partial charge in [-0.25, -0.2) is 4.98 Å². The minimum atomic E-state index is -1.03. The fourth-order valence-electron chi connectivity index (χ4n) is 9.66. The fourth-order valence-corrected chi connectivity index (χ4v) is 9.66. The van der Waals surface area contributed by atoms with Crippen LogP contribution in [0.25, 0.3) is 22.0 Å². The normalized spacial score (nSPS) is 16.0. The molecule has 2 aromatic carbocycles. The number of aryl methyl sites for hydroxylation is 2. The molecule has 3 aromatic heterocycles. The maximum atomic E-state index is 13.9. The van der Waals surface area contributed by atoms with Crippen molar-refractivity contribution in [2.45, 2.75) is 78.4 Å². The molecule has 1 unspecified atom stereocenters. The third kappa shape index (κ3) is 13.1. The van der Waals surface area contributed by atoms with Crippen molar-refractivity contribution in [1.82, 2.24) is 45.5 Å². The van der Waals surface area contributed by atoms with Crippen molar-refractivity contribution in [3.8, 4) is 11.1 Å². The van der Waals surface area contributed by atoms with Gasteiger partial charge in [0.05, 0.1) is 68.0 Å². The van der Waals surface area contributed by atoms with Gasteiger partial charge in [0, 0.05) is 105 Å². The number of carbonyl (C=O) groups excluding carboxylic acids is 6. The minimum absolute atomic E-state index is 0.0511. The summed E-state index contributed by atoms with van der Waals surface area (Å²) in [7, 11) is 0. The maximum absolute atomic E-state index is 13.9. The lowest BCUT2D eigenvalue weighted by Gasteiger charge is -2.35. The summed E-state index contributed by atoms with van der Waals surface area (Å²) in [6, 6.07) is 13.9. The molecule has 5 aromatic rings. The van der Waals surface area contributed by atoms with Crippen LogP contribution in [-0.2, 0) is 41.6 Å². The summed E-state index contributed by atoms with van der Waals surface area (Å²) in [5.41, 5.74) is 5.99. The number of nitrogens with zero attached hydrogens (tertiary/aromatic N) is 6. The van der Waals surface area contributed by atoms with E-state index in [0.717, 1.165) is 89.6 Å². The highest BCUT2D eigenvalue weighted by Crippen LogP contribution is 2.33. The number of imide groups is 2. The van der Waals surface area contributed by atoms with Gasteiger partial charge in [0.25, 0.3) is 23.3 Å². The monoisotopic (exact) mass is 1030 g/mol. The van der Waals surface area contributed by atoms with Gasteiger partial charge in [0.1, 0.15) is 11.9 Å². The van der Waals surface area contributed by atoms with Crippen molar-refractivity contribution in [2.75, 3.05) is 95.7 Å². The van der Waals surface area contributed by atoms with E-state index in [4.69, 9.17) is 19.2 Å². The van der Waals surface area contributed by atoms with Crippen molar-refractivity contribution < 1.29 is 43.0 Å². The molecule has 0 saturated carbocycles. The Bertz CT molecular complexity index is 2950. The lowest BCUT2D eigenvalue weighted by atomic mass is 10.00. The first-order valence-corrected chi connectivity index (χ1v) is 25.8. The average molecular weight is 1030 g/mol. The van der Waals surface area contributed by atoms with Crippen LogP contribution in [-0.4, -0.2) is 156 Å². The molecule has 1 atom stereocenters. The number of aromatic nitrogens is 4. The average Bonchev–Trinajstić information content (AvgIpc) is 3.95. The number of carbonyl (C=O) groups is 6. The topological polar surface area (TPSA) is 252 Å². The number of piperidine rings is 1. The number of fused-ring (bicyclic) bond motifs is 2. The molecule has 398 valence electrons. The van der Waals surface area contributed by atoms with E-state index in [1.807, 2.05) is 62.0 Å². The molecule has 6 heterocycles. The second-order valence-corrected chi connectivity index (χ2v) is 19.1. The first-order chi connectivity index (χ1) is 36.3. The van der Waals surface area contributed by atoms with Crippen molar-refractivity contribution >= 4 is 57.9 Å². The number of rotatable bonds is 25. The Kier molecular flexibility index (Phi) is 18.2. The van der Waals surface area contributed by atoms with Gasteiger partial charge >= 0.3 is 0 Å². The maximum Gasteiger partial charge on any atom is 0.264 e. The van der Waals surface area contributed by atoms with Gasteiger partial charge in [-0.2, -0.15) is 5.10 Å². The van der Waals surface area contributed by atoms with Gasteiger partial charge in [0.2, 0.25) is 17.7 Å². The van der Waals surface area contributed by atoms with Crippen LogP contribution in [0.2, 0.25) is 0 Å². The molecular weight excluding hydrogens is 963 g/mol. The van der Waals surface area contributed by atoms with Gasteiger partial charge in [-0.15, -0.1) is 0 Å². The number of H-pyrrole nitrogens is 1. The minimum Gasteiger partial charge on any atom is -0.382 e. The van der Waals surface area contributed by atoms with E-state index in [9.17, 15) is 33.6 Å². The first-order valence-electron chi connectivity index (χ1n) is 25.8.